The number of methoxy groups -OCH3 is 2. The van der Waals surface area contributed by atoms with E-state index in [1.54, 1.807) is 0 Å². The van der Waals surface area contributed by atoms with Gasteiger partial charge in [-0.2, -0.15) is 18.2 Å². The van der Waals surface area contributed by atoms with Crippen LogP contribution in [0.2, 0.25) is 0 Å². The van der Waals surface area contributed by atoms with Gasteiger partial charge >= 0.3 is 5.97 Å². The number of esters is 1. The number of hydrogen-bond acceptors (Lipinski definition) is 5. The summed E-state index contributed by atoms with van der Waals surface area (Å²) in [5.41, 5.74) is 0.217. The molecule has 0 unspecified atom stereocenters. The number of benzene rings is 1. The zero-order chi connectivity index (χ0) is 16.3. The van der Waals surface area contributed by atoms with Gasteiger partial charge in [0.15, 0.2) is 0 Å². The van der Waals surface area contributed by atoms with E-state index in [9.17, 15) is 18.0 Å². The van der Waals surface area contributed by atoms with Gasteiger partial charge in [-0.05, 0) is 24.3 Å². The van der Waals surface area contributed by atoms with Gasteiger partial charge < -0.3 is 14.2 Å². The Morgan fingerprint density at radius 3 is 2.23 bits per heavy atom. The van der Waals surface area contributed by atoms with Gasteiger partial charge in [0.1, 0.15) is 5.75 Å². The molecule has 5 nitrogen and oxygen atoms in total. The first-order valence-corrected chi connectivity index (χ1v) is 5.92. The Morgan fingerprint density at radius 1 is 1.05 bits per heavy atom. The van der Waals surface area contributed by atoms with E-state index in [0.29, 0.717) is 0 Å². The summed E-state index contributed by atoms with van der Waals surface area (Å²) >= 11 is 0. The van der Waals surface area contributed by atoms with Crippen LogP contribution in [0, 0.1) is 17.6 Å². The lowest BCUT2D eigenvalue weighted by Gasteiger charge is -2.10. The predicted octanol–water partition coefficient (Wildman–Crippen LogP) is 3.09. The molecule has 0 bridgehead atoms. The number of rotatable bonds is 4. The zero-order valence-electron chi connectivity index (χ0n) is 11.5. The molecule has 0 aliphatic rings. The molecule has 1 aromatic heterocycles. The Kier molecular flexibility index (Phi) is 4.50. The Labute approximate surface area is 123 Å². The summed E-state index contributed by atoms with van der Waals surface area (Å²) in [7, 11) is 2.27. The molecule has 0 fully saturated rings. The van der Waals surface area contributed by atoms with E-state index in [4.69, 9.17) is 4.74 Å². The van der Waals surface area contributed by atoms with E-state index < -0.39 is 35.2 Å². The van der Waals surface area contributed by atoms with Gasteiger partial charge in [0.05, 0.1) is 19.8 Å². The standard InChI is InChI=1S/C14H10F3NO4/c1-20-13-10(16)11(9(15)12(17)18-13)22-8-5-3-7(4-6-8)14(19)21-2/h3-6H,1-2H3. The van der Waals surface area contributed by atoms with E-state index in [0.717, 1.165) is 7.11 Å². The Bertz CT molecular complexity index is 704. The molecule has 0 spiro atoms. The fourth-order valence-corrected chi connectivity index (χ4v) is 1.59. The fraction of sp³-hybridized carbons (Fsp3) is 0.143. The number of ether oxygens (including phenoxy) is 3. The molecule has 0 amide bonds. The van der Waals surface area contributed by atoms with Crippen molar-refractivity contribution in [2.45, 2.75) is 0 Å². The van der Waals surface area contributed by atoms with Crippen molar-refractivity contribution >= 4 is 5.97 Å². The van der Waals surface area contributed by atoms with Crippen LogP contribution in [0.5, 0.6) is 17.4 Å². The number of pyridine rings is 1. The minimum absolute atomic E-state index is 0.0156. The summed E-state index contributed by atoms with van der Waals surface area (Å²) < 4.78 is 54.7. The number of nitrogens with zero attached hydrogens (tertiary/aromatic N) is 1. The summed E-state index contributed by atoms with van der Waals surface area (Å²) in [4.78, 5) is 14.2. The maximum absolute atomic E-state index is 13.9. The fourth-order valence-electron chi connectivity index (χ4n) is 1.59. The third-order valence-corrected chi connectivity index (χ3v) is 2.66. The van der Waals surface area contributed by atoms with Crippen LogP contribution in [-0.2, 0) is 4.74 Å². The van der Waals surface area contributed by atoms with Gasteiger partial charge in [0.2, 0.25) is 17.4 Å². The van der Waals surface area contributed by atoms with E-state index in [1.807, 2.05) is 0 Å². The lowest BCUT2D eigenvalue weighted by atomic mass is 10.2. The molecule has 1 heterocycles. The van der Waals surface area contributed by atoms with Crippen LogP contribution in [0.1, 0.15) is 10.4 Å². The van der Waals surface area contributed by atoms with Gasteiger partial charge in [-0.1, -0.05) is 0 Å². The van der Waals surface area contributed by atoms with Gasteiger partial charge in [0.25, 0.3) is 11.8 Å². The molecule has 116 valence electrons. The normalized spacial score (nSPS) is 10.2. The maximum atomic E-state index is 13.9. The molecule has 1 aromatic carbocycles. The molecule has 0 saturated carbocycles. The number of halogens is 3. The van der Waals surface area contributed by atoms with Crippen LogP contribution in [0.4, 0.5) is 13.2 Å². The van der Waals surface area contributed by atoms with Crippen LogP contribution in [0.15, 0.2) is 24.3 Å². The summed E-state index contributed by atoms with van der Waals surface area (Å²) in [6.07, 6.45) is 0. The molecular formula is C14H10F3NO4. The summed E-state index contributed by atoms with van der Waals surface area (Å²) in [5.74, 6) is -6.75. The number of hydrogen-bond donors (Lipinski definition) is 0. The minimum Gasteiger partial charge on any atom is -0.479 e. The van der Waals surface area contributed by atoms with Gasteiger partial charge in [-0.15, -0.1) is 0 Å². The Morgan fingerprint density at radius 2 is 1.68 bits per heavy atom. The quantitative estimate of drug-likeness (QED) is 0.641. The van der Waals surface area contributed by atoms with Crippen molar-refractivity contribution in [2.75, 3.05) is 14.2 Å². The van der Waals surface area contributed by atoms with E-state index in [1.165, 1.54) is 31.4 Å². The van der Waals surface area contributed by atoms with Gasteiger partial charge in [-0.3, -0.25) is 0 Å². The van der Waals surface area contributed by atoms with Crippen LogP contribution in [-0.4, -0.2) is 25.2 Å². The average Bonchev–Trinajstić information content (AvgIpc) is 2.54. The lowest BCUT2D eigenvalue weighted by Crippen LogP contribution is -2.03. The first kappa shape index (κ1) is 15.6. The van der Waals surface area contributed by atoms with Gasteiger partial charge in [0, 0.05) is 0 Å². The number of carbonyl (C=O) groups is 1. The number of carbonyl (C=O) groups excluding carboxylic acids is 1. The average molecular weight is 313 g/mol. The highest BCUT2D eigenvalue weighted by Gasteiger charge is 2.23. The summed E-state index contributed by atoms with van der Waals surface area (Å²) in [5, 5.41) is 0. The molecule has 0 N–H and O–H groups in total. The molecule has 0 aliphatic carbocycles. The summed E-state index contributed by atoms with van der Waals surface area (Å²) in [6, 6.07) is 5.20. The molecule has 2 aromatic rings. The highest BCUT2D eigenvalue weighted by molar-refractivity contribution is 5.89. The molecule has 0 saturated heterocycles. The molecule has 0 atom stereocenters. The van der Waals surface area contributed by atoms with Crippen molar-refractivity contribution in [1.29, 1.82) is 0 Å². The monoisotopic (exact) mass is 313 g/mol. The third-order valence-electron chi connectivity index (χ3n) is 2.66. The second kappa shape index (κ2) is 6.33. The topological polar surface area (TPSA) is 57.7 Å². The SMILES string of the molecule is COC(=O)c1ccc(Oc2c(F)c(F)nc(OC)c2F)cc1. The molecular weight excluding hydrogens is 303 g/mol. The maximum Gasteiger partial charge on any atom is 0.337 e. The molecule has 2 rings (SSSR count). The van der Waals surface area contributed by atoms with Crippen molar-refractivity contribution in [3.63, 3.8) is 0 Å². The molecule has 0 aliphatic heterocycles. The largest absolute Gasteiger partial charge is 0.479 e. The predicted molar refractivity (Wildman–Crippen MR) is 68.5 cm³/mol. The lowest BCUT2D eigenvalue weighted by molar-refractivity contribution is 0.0600. The minimum atomic E-state index is -1.59. The highest BCUT2D eigenvalue weighted by atomic mass is 19.2. The highest BCUT2D eigenvalue weighted by Crippen LogP contribution is 2.32. The third kappa shape index (κ3) is 2.95. The first-order chi connectivity index (χ1) is 10.5. The van der Waals surface area contributed by atoms with Crippen LogP contribution in [0.3, 0.4) is 0 Å². The zero-order valence-corrected chi connectivity index (χ0v) is 11.5. The van der Waals surface area contributed by atoms with Crippen molar-refractivity contribution in [1.82, 2.24) is 4.98 Å². The summed E-state index contributed by atoms with van der Waals surface area (Å²) in [6.45, 7) is 0. The molecule has 0 radical (unpaired) electrons. The van der Waals surface area contributed by atoms with Crippen LogP contribution >= 0.6 is 0 Å². The van der Waals surface area contributed by atoms with E-state index >= 15 is 0 Å². The second-order valence-electron chi connectivity index (χ2n) is 3.99. The Balaban J connectivity index is 2.35. The van der Waals surface area contributed by atoms with E-state index in [-0.39, 0.29) is 11.3 Å². The number of aromatic nitrogens is 1. The second-order valence-corrected chi connectivity index (χ2v) is 3.99. The van der Waals surface area contributed by atoms with E-state index in [2.05, 4.69) is 14.5 Å². The Hall–Kier alpha value is -2.77. The van der Waals surface area contributed by atoms with Crippen molar-refractivity contribution in [2.24, 2.45) is 0 Å². The van der Waals surface area contributed by atoms with Crippen molar-refractivity contribution < 1.29 is 32.2 Å². The van der Waals surface area contributed by atoms with Crippen molar-refractivity contribution in [3.8, 4) is 17.4 Å². The molecule has 8 heteroatoms. The van der Waals surface area contributed by atoms with Gasteiger partial charge in [-0.25, -0.2) is 4.79 Å². The van der Waals surface area contributed by atoms with Crippen molar-refractivity contribution in [3.05, 3.63) is 47.4 Å². The van der Waals surface area contributed by atoms with Crippen LogP contribution < -0.4 is 9.47 Å². The first-order valence-electron chi connectivity index (χ1n) is 5.92. The smallest absolute Gasteiger partial charge is 0.337 e. The van der Waals surface area contributed by atoms with Crippen LogP contribution in [0.25, 0.3) is 0 Å². The molecule has 22 heavy (non-hydrogen) atoms.